The molecule has 6 nitrogen and oxygen atoms in total. The Morgan fingerprint density at radius 1 is 1.09 bits per heavy atom. The molecule has 1 atom stereocenters. The van der Waals surface area contributed by atoms with Crippen LogP contribution in [0.2, 0.25) is 0 Å². The number of methoxy groups -OCH3 is 1. The topological polar surface area (TPSA) is 73.3 Å². The normalized spacial score (nSPS) is 11.6. The van der Waals surface area contributed by atoms with Crippen molar-refractivity contribution in [2.45, 2.75) is 19.6 Å². The van der Waals surface area contributed by atoms with E-state index in [4.69, 9.17) is 9.47 Å². The fourth-order valence-corrected chi connectivity index (χ4v) is 3.97. The number of ether oxygens (including phenoxy) is 2. The summed E-state index contributed by atoms with van der Waals surface area (Å²) in [4.78, 5) is 21.6. The Bertz CT molecular complexity index is 1180. The summed E-state index contributed by atoms with van der Waals surface area (Å²) < 4.78 is 11.3. The lowest BCUT2D eigenvalue weighted by molar-refractivity contribution is 0.0939. The minimum absolute atomic E-state index is 0.205. The first-order valence-corrected chi connectivity index (χ1v) is 11.0. The second-order valence-corrected chi connectivity index (χ2v) is 8.04. The zero-order valence-corrected chi connectivity index (χ0v) is 18.6. The van der Waals surface area contributed by atoms with Crippen LogP contribution in [0.3, 0.4) is 0 Å². The van der Waals surface area contributed by atoms with Gasteiger partial charge in [0.05, 0.1) is 18.8 Å². The number of amides is 1. The molecule has 0 radical (unpaired) electrons. The highest BCUT2D eigenvalue weighted by atomic mass is 32.1. The predicted molar refractivity (Wildman–Crippen MR) is 125 cm³/mol. The van der Waals surface area contributed by atoms with Crippen molar-refractivity contribution in [1.29, 1.82) is 0 Å². The van der Waals surface area contributed by atoms with Crippen LogP contribution in [0.4, 0.5) is 0 Å². The summed E-state index contributed by atoms with van der Waals surface area (Å²) in [6, 6.07) is 18.6. The molecule has 1 N–H and O–H groups in total. The predicted octanol–water partition coefficient (Wildman–Crippen LogP) is 5.28. The van der Waals surface area contributed by atoms with E-state index in [0.29, 0.717) is 23.7 Å². The molecule has 4 aromatic rings. The maximum Gasteiger partial charge on any atom is 0.251 e. The molecule has 2 heterocycles. The minimum Gasteiger partial charge on any atom is -0.493 e. The van der Waals surface area contributed by atoms with E-state index in [1.54, 1.807) is 37.7 Å². The number of pyridine rings is 1. The molecule has 7 heteroatoms. The molecule has 0 aliphatic carbocycles. The zero-order chi connectivity index (χ0) is 22.3. The van der Waals surface area contributed by atoms with Gasteiger partial charge >= 0.3 is 0 Å². The van der Waals surface area contributed by atoms with Crippen LogP contribution in [0.25, 0.3) is 11.3 Å². The van der Waals surface area contributed by atoms with Gasteiger partial charge in [-0.3, -0.25) is 9.78 Å². The molecule has 1 unspecified atom stereocenters. The van der Waals surface area contributed by atoms with Crippen molar-refractivity contribution in [2.24, 2.45) is 0 Å². The molecule has 0 fully saturated rings. The van der Waals surface area contributed by atoms with E-state index in [1.807, 2.05) is 54.8 Å². The van der Waals surface area contributed by atoms with Crippen LogP contribution in [0.5, 0.6) is 11.5 Å². The van der Waals surface area contributed by atoms with Gasteiger partial charge in [0.2, 0.25) is 0 Å². The summed E-state index contributed by atoms with van der Waals surface area (Å²) in [5, 5.41) is 5.80. The van der Waals surface area contributed by atoms with Crippen LogP contribution in [0.1, 0.15) is 33.9 Å². The molecule has 0 aliphatic heterocycles. The van der Waals surface area contributed by atoms with Crippen molar-refractivity contribution in [2.75, 3.05) is 7.11 Å². The first-order valence-electron chi connectivity index (χ1n) is 10.2. The lowest BCUT2D eigenvalue weighted by Gasteiger charge is -2.14. The number of benzene rings is 2. The molecular weight excluding hydrogens is 422 g/mol. The molecule has 0 saturated heterocycles. The standard InChI is InChI=1S/C25H23N3O3S/c1-17(25-28-21(16-32-25)20-9-6-12-26-14-20)27-24(29)19-10-11-22(23(13-19)30-2)31-15-18-7-4-3-5-8-18/h3-14,16-17H,15H2,1-2H3,(H,27,29). The zero-order valence-electron chi connectivity index (χ0n) is 17.8. The van der Waals surface area contributed by atoms with Crippen molar-refractivity contribution in [1.82, 2.24) is 15.3 Å². The third-order valence-corrected chi connectivity index (χ3v) is 5.89. The number of rotatable bonds is 8. The van der Waals surface area contributed by atoms with Gasteiger partial charge in [-0.25, -0.2) is 4.98 Å². The second kappa shape index (κ2) is 10.1. The third-order valence-electron chi connectivity index (χ3n) is 4.86. The monoisotopic (exact) mass is 445 g/mol. The molecule has 0 bridgehead atoms. The fraction of sp³-hybridized carbons (Fsp3) is 0.160. The van der Waals surface area contributed by atoms with Gasteiger partial charge in [-0.05, 0) is 42.8 Å². The fourth-order valence-electron chi connectivity index (χ4n) is 3.14. The summed E-state index contributed by atoms with van der Waals surface area (Å²) in [6.07, 6.45) is 3.50. The molecule has 32 heavy (non-hydrogen) atoms. The number of aromatic nitrogens is 2. The first-order chi connectivity index (χ1) is 15.6. The lowest BCUT2D eigenvalue weighted by atomic mass is 10.1. The SMILES string of the molecule is COc1cc(C(=O)NC(C)c2nc(-c3cccnc3)cs2)ccc1OCc1ccccc1. The van der Waals surface area contributed by atoms with Gasteiger partial charge in [0, 0.05) is 28.9 Å². The average Bonchev–Trinajstić information content (AvgIpc) is 3.34. The van der Waals surface area contributed by atoms with E-state index in [-0.39, 0.29) is 11.9 Å². The molecule has 0 aliphatic rings. The van der Waals surface area contributed by atoms with Crippen molar-refractivity contribution in [3.05, 3.63) is 94.6 Å². The van der Waals surface area contributed by atoms with Crippen LogP contribution >= 0.6 is 11.3 Å². The molecular formula is C25H23N3O3S. The number of hydrogen-bond acceptors (Lipinski definition) is 6. The summed E-state index contributed by atoms with van der Waals surface area (Å²) in [5.41, 5.74) is 3.34. The van der Waals surface area contributed by atoms with Crippen LogP contribution in [-0.2, 0) is 6.61 Å². The quantitative estimate of drug-likeness (QED) is 0.399. The van der Waals surface area contributed by atoms with Gasteiger partial charge in [0.25, 0.3) is 5.91 Å². The Kier molecular flexibility index (Phi) is 6.77. The van der Waals surface area contributed by atoms with Gasteiger partial charge in [-0.2, -0.15) is 0 Å². The van der Waals surface area contributed by atoms with Gasteiger partial charge in [0.1, 0.15) is 11.6 Å². The van der Waals surface area contributed by atoms with Crippen LogP contribution < -0.4 is 14.8 Å². The average molecular weight is 446 g/mol. The molecule has 4 rings (SSSR count). The highest BCUT2D eigenvalue weighted by molar-refractivity contribution is 7.10. The van der Waals surface area contributed by atoms with E-state index in [9.17, 15) is 4.79 Å². The van der Waals surface area contributed by atoms with Gasteiger partial charge in [-0.15, -0.1) is 11.3 Å². The molecule has 0 spiro atoms. The minimum atomic E-state index is -0.238. The van der Waals surface area contributed by atoms with Gasteiger partial charge in [-0.1, -0.05) is 30.3 Å². The van der Waals surface area contributed by atoms with Crippen molar-refractivity contribution < 1.29 is 14.3 Å². The van der Waals surface area contributed by atoms with Crippen molar-refractivity contribution >= 4 is 17.2 Å². The first kappa shape index (κ1) is 21.5. The maximum atomic E-state index is 12.8. The van der Waals surface area contributed by atoms with Crippen LogP contribution in [0.15, 0.2) is 78.4 Å². The lowest BCUT2D eigenvalue weighted by Crippen LogP contribution is -2.26. The molecule has 0 saturated carbocycles. The maximum absolute atomic E-state index is 12.8. The summed E-state index contributed by atoms with van der Waals surface area (Å²) in [7, 11) is 1.56. The number of nitrogens with zero attached hydrogens (tertiary/aromatic N) is 2. The van der Waals surface area contributed by atoms with Crippen LogP contribution in [-0.4, -0.2) is 23.0 Å². The Labute approximate surface area is 190 Å². The highest BCUT2D eigenvalue weighted by Gasteiger charge is 2.17. The second-order valence-electron chi connectivity index (χ2n) is 7.15. The van der Waals surface area contributed by atoms with E-state index in [2.05, 4.69) is 15.3 Å². The van der Waals surface area contributed by atoms with E-state index < -0.39 is 0 Å². The Morgan fingerprint density at radius 2 is 1.94 bits per heavy atom. The number of hydrogen-bond donors (Lipinski definition) is 1. The number of nitrogens with one attached hydrogen (secondary N) is 1. The van der Waals surface area contributed by atoms with Crippen molar-refractivity contribution in [3.8, 4) is 22.8 Å². The highest BCUT2D eigenvalue weighted by Crippen LogP contribution is 2.30. The Morgan fingerprint density at radius 3 is 2.69 bits per heavy atom. The van der Waals surface area contributed by atoms with Gasteiger partial charge < -0.3 is 14.8 Å². The van der Waals surface area contributed by atoms with E-state index >= 15 is 0 Å². The van der Waals surface area contributed by atoms with Crippen molar-refractivity contribution in [3.63, 3.8) is 0 Å². The van der Waals surface area contributed by atoms with Gasteiger partial charge in [0.15, 0.2) is 11.5 Å². The smallest absolute Gasteiger partial charge is 0.251 e. The Balaban J connectivity index is 1.42. The van der Waals surface area contributed by atoms with Crippen LogP contribution in [0, 0.1) is 0 Å². The summed E-state index contributed by atoms with van der Waals surface area (Å²) in [5.74, 6) is 0.889. The molecule has 2 aromatic heterocycles. The van der Waals surface area contributed by atoms with E-state index in [1.165, 1.54) is 11.3 Å². The summed E-state index contributed by atoms with van der Waals surface area (Å²) in [6.45, 7) is 2.33. The largest absolute Gasteiger partial charge is 0.493 e. The number of carbonyl (C=O) groups is 1. The molecule has 162 valence electrons. The number of carbonyl (C=O) groups excluding carboxylic acids is 1. The van der Waals surface area contributed by atoms with E-state index in [0.717, 1.165) is 21.8 Å². The number of thiazole rings is 1. The molecule has 2 aromatic carbocycles. The Hall–Kier alpha value is -3.71. The third kappa shape index (κ3) is 5.12. The summed E-state index contributed by atoms with van der Waals surface area (Å²) >= 11 is 1.51. The molecule has 1 amide bonds.